The van der Waals surface area contributed by atoms with Crippen molar-refractivity contribution in [1.82, 2.24) is 20.4 Å². The molecule has 0 unspecified atom stereocenters. The summed E-state index contributed by atoms with van der Waals surface area (Å²) in [7, 11) is 0. The van der Waals surface area contributed by atoms with Gasteiger partial charge < -0.3 is 9.80 Å². The summed E-state index contributed by atoms with van der Waals surface area (Å²) in [5.74, 6) is 1.29. The third kappa shape index (κ3) is 4.90. The Morgan fingerprint density at radius 3 is 1.00 bits per heavy atom. The fourth-order valence-corrected chi connectivity index (χ4v) is 2.18. The lowest BCUT2D eigenvalue weighted by Gasteiger charge is -2.22. The molecule has 6 heteroatoms. The van der Waals surface area contributed by atoms with Crippen LogP contribution in [0.2, 0.25) is 0 Å². The van der Waals surface area contributed by atoms with Gasteiger partial charge in [0, 0.05) is 26.2 Å². The molecular weight excluding hydrogens is 252 g/mol. The Balaban J connectivity index is 2.79. The van der Waals surface area contributed by atoms with E-state index in [0.29, 0.717) is 11.9 Å². The van der Waals surface area contributed by atoms with E-state index in [4.69, 9.17) is 0 Å². The lowest BCUT2D eigenvalue weighted by atomic mass is 10.4. The van der Waals surface area contributed by atoms with Gasteiger partial charge in [0.1, 0.15) is 0 Å². The van der Waals surface area contributed by atoms with Gasteiger partial charge in [-0.25, -0.2) is 0 Å². The van der Waals surface area contributed by atoms with E-state index in [1.807, 2.05) is 0 Å². The van der Waals surface area contributed by atoms with Crippen LogP contribution in [0.1, 0.15) is 53.4 Å². The van der Waals surface area contributed by atoms with Crippen LogP contribution in [0.5, 0.6) is 0 Å². The van der Waals surface area contributed by atoms with E-state index in [9.17, 15) is 0 Å². The third-order valence-corrected chi connectivity index (χ3v) is 3.00. The fourth-order valence-electron chi connectivity index (χ4n) is 2.18. The van der Waals surface area contributed by atoms with Crippen molar-refractivity contribution in [2.45, 2.75) is 53.4 Å². The summed E-state index contributed by atoms with van der Waals surface area (Å²) in [5.41, 5.74) is 0. The zero-order chi connectivity index (χ0) is 14.8. The fraction of sp³-hybridized carbons (Fsp3) is 0.857. The van der Waals surface area contributed by atoms with Crippen LogP contribution >= 0.6 is 0 Å². The average molecular weight is 280 g/mol. The van der Waals surface area contributed by atoms with Crippen molar-refractivity contribution in [2.24, 2.45) is 0 Å². The zero-order valence-electron chi connectivity index (χ0n) is 13.3. The first-order valence-corrected chi connectivity index (χ1v) is 7.83. The van der Waals surface area contributed by atoms with Crippen molar-refractivity contribution in [3.8, 4) is 0 Å². The van der Waals surface area contributed by atoms with Crippen LogP contribution in [0.3, 0.4) is 0 Å². The molecule has 0 saturated heterocycles. The largest absolute Gasteiger partial charge is 0.338 e. The van der Waals surface area contributed by atoms with Crippen LogP contribution in [0.25, 0.3) is 0 Å². The Morgan fingerprint density at radius 2 is 0.800 bits per heavy atom. The predicted molar refractivity (Wildman–Crippen MR) is 83.2 cm³/mol. The quantitative estimate of drug-likeness (QED) is 0.656. The molecule has 1 rings (SSSR count). The highest BCUT2D eigenvalue weighted by Gasteiger charge is 2.12. The van der Waals surface area contributed by atoms with Gasteiger partial charge >= 0.3 is 0 Å². The zero-order valence-corrected chi connectivity index (χ0v) is 13.3. The predicted octanol–water partition coefficient (Wildman–Crippen LogP) is 2.52. The molecule has 0 N–H and O–H groups in total. The number of hydrogen-bond acceptors (Lipinski definition) is 6. The van der Waals surface area contributed by atoms with Crippen LogP contribution in [-0.2, 0) is 0 Å². The lowest BCUT2D eigenvalue weighted by Crippen LogP contribution is -2.30. The summed E-state index contributed by atoms with van der Waals surface area (Å²) in [6, 6.07) is 0. The molecule has 6 nitrogen and oxygen atoms in total. The Labute approximate surface area is 122 Å². The van der Waals surface area contributed by atoms with Crippen molar-refractivity contribution in [1.29, 1.82) is 0 Å². The summed E-state index contributed by atoms with van der Waals surface area (Å²) < 4.78 is 0. The molecule has 0 spiro atoms. The van der Waals surface area contributed by atoms with Crippen molar-refractivity contribution in [3.63, 3.8) is 0 Å². The van der Waals surface area contributed by atoms with Crippen molar-refractivity contribution in [3.05, 3.63) is 0 Å². The Kier molecular flexibility index (Phi) is 7.84. The Bertz CT molecular complexity index is 306. The summed E-state index contributed by atoms with van der Waals surface area (Å²) >= 11 is 0. The number of hydrogen-bond donors (Lipinski definition) is 0. The van der Waals surface area contributed by atoms with Crippen LogP contribution < -0.4 is 9.80 Å². The summed E-state index contributed by atoms with van der Waals surface area (Å²) in [6.07, 6.45) is 4.29. The minimum atomic E-state index is 0.644. The Hall–Kier alpha value is -1.46. The molecule has 0 atom stereocenters. The second kappa shape index (κ2) is 9.44. The molecule has 0 radical (unpaired) electrons. The highest BCUT2D eigenvalue weighted by molar-refractivity contribution is 5.31. The van der Waals surface area contributed by atoms with Gasteiger partial charge in [-0.2, -0.15) is 0 Å². The van der Waals surface area contributed by atoms with Gasteiger partial charge in [0.25, 0.3) is 11.9 Å². The van der Waals surface area contributed by atoms with Crippen LogP contribution in [0.15, 0.2) is 0 Å². The summed E-state index contributed by atoms with van der Waals surface area (Å²) in [6.45, 7) is 12.4. The smallest absolute Gasteiger partial charge is 0.264 e. The molecule has 0 aromatic carbocycles. The van der Waals surface area contributed by atoms with Gasteiger partial charge in [0.05, 0.1) is 0 Å². The summed E-state index contributed by atoms with van der Waals surface area (Å²) in [4.78, 5) is 4.29. The minimum absolute atomic E-state index is 0.644. The highest BCUT2D eigenvalue weighted by Crippen LogP contribution is 2.10. The maximum absolute atomic E-state index is 4.26. The van der Waals surface area contributed by atoms with E-state index in [0.717, 1.165) is 51.9 Å². The molecule has 1 aromatic rings. The molecule has 114 valence electrons. The van der Waals surface area contributed by atoms with Gasteiger partial charge in [-0.15, -0.1) is 20.4 Å². The number of anilines is 2. The second-order valence-corrected chi connectivity index (χ2v) is 4.97. The summed E-state index contributed by atoms with van der Waals surface area (Å²) in [5, 5.41) is 17.0. The first kappa shape index (κ1) is 16.6. The molecular formula is C14H28N6. The number of nitrogens with zero attached hydrogens (tertiary/aromatic N) is 6. The van der Waals surface area contributed by atoms with Crippen molar-refractivity contribution in [2.75, 3.05) is 36.0 Å². The Morgan fingerprint density at radius 1 is 0.550 bits per heavy atom. The standard InChI is InChI=1S/C14H28N6/c1-5-9-19(10-6-2)13-15-17-14(18-16-13)20(11-7-3)12-8-4/h5-12H2,1-4H3. The molecule has 20 heavy (non-hydrogen) atoms. The van der Waals surface area contributed by atoms with Crippen molar-refractivity contribution >= 4 is 11.9 Å². The van der Waals surface area contributed by atoms with Gasteiger partial charge in [-0.05, 0) is 25.7 Å². The topological polar surface area (TPSA) is 58.0 Å². The first-order valence-electron chi connectivity index (χ1n) is 7.83. The van der Waals surface area contributed by atoms with E-state index < -0.39 is 0 Å². The maximum atomic E-state index is 4.26. The average Bonchev–Trinajstić information content (AvgIpc) is 2.47. The highest BCUT2D eigenvalue weighted by atomic mass is 15.4. The normalized spacial score (nSPS) is 10.6. The van der Waals surface area contributed by atoms with Gasteiger partial charge in [0.2, 0.25) is 0 Å². The molecule has 0 aliphatic heterocycles. The third-order valence-electron chi connectivity index (χ3n) is 3.00. The van der Waals surface area contributed by atoms with Crippen LogP contribution in [-0.4, -0.2) is 46.6 Å². The molecule has 0 bridgehead atoms. The van der Waals surface area contributed by atoms with E-state index >= 15 is 0 Å². The van der Waals surface area contributed by atoms with Gasteiger partial charge in [-0.1, -0.05) is 27.7 Å². The van der Waals surface area contributed by atoms with E-state index in [1.54, 1.807) is 0 Å². The van der Waals surface area contributed by atoms with Crippen LogP contribution in [0.4, 0.5) is 11.9 Å². The molecule has 1 heterocycles. The SMILES string of the molecule is CCCN(CCC)c1nnc(N(CCC)CCC)nn1. The second-order valence-electron chi connectivity index (χ2n) is 4.97. The lowest BCUT2D eigenvalue weighted by molar-refractivity contribution is 0.664. The minimum Gasteiger partial charge on any atom is -0.338 e. The van der Waals surface area contributed by atoms with Gasteiger partial charge in [0.15, 0.2) is 0 Å². The molecule has 0 aliphatic rings. The molecule has 0 aliphatic carbocycles. The van der Waals surface area contributed by atoms with E-state index in [1.165, 1.54) is 0 Å². The van der Waals surface area contributed by atoms with Crippen LogP contribution in [0, 0.1) is 0 Å². The molecule has 1 aromatic heterocycles. The molecule has 0 fully saturated rings. The maximum Gasteiger partial charge on any atom is 0.264 e. The van der Waals surface area contributed by atoms with E-state index in [2.05, 4.69) is 57.9 Å². The molecule has 0 saturated carbocycles. The first-order chi connectivity index (χ1) is 9.76. The molecule has 0 amide bonds. The number of rotatable bonds is 10. The number of aromatic nitrogens is 4. The van der Waals surface area contributed by atoms with Gasteiger partial charge in [-0.3, -0.25) is 0 Å². The van der Waals surface area contributed by atoms with E-state index in [-0.39, 0.29) is 0 Å². The van der Waals surface area contributed by atoms with Crippen molar-refractivity contribution < 1.29 is 0 Å². The monoisotopic (exact) mass is 280 g/mol.